The molecule has 2 aliphatic heterocycles. The van der Waals surface area contributed by atoms with Crippen molar-refractivity contribution in [1.29, 1.82) is 0 Å². The van der Waals surface area contributed by atoms with Gasteiger partial charge in [0.15, 0.2) is 11.5 Å². The largest absolute Gasteiger partial charge is 0.440 e. The molecule has 0 spiro atoms. The van der Waals surface area contributed by atoms with Crippen LogP contribution in [-0.2, 0) is 9.59 Å². The summed E-state index contributed by atoms with van der Waals surface area (Å²) >= 11 is 1.70. The van der Waals surface area contributed by atoms with Gasteiger partial charge >= 0.3 is 0 Å². The van der Waals surface area contributed by atoms with Crippen LogP contribution in [0, 0.1) is 0 Å². The number of benzene rings is 1. The normalized spacial score (nSPS) is 28.6. The first-order valence-corrected chi connectivity index (χ1v) is 9.69. The number of nitrogens with zero attached hydrogens (tertiary/aromatic N) is 2. The van der Waals surface area contributed by atoms with Crippen LogP contribution in [0.1, 0.15) is 44.4 Å². The number of rotatable bonds is 3. The molecule has 3 aliphatic rings. The van der Waals surface area contributed by atoms with Crippen LogP contribution < -0.4 is 5.32 Å². The van der Waals surface area contributed by atoms with Crippen molar-refractivity contribution in [2.24, 2.45) is 0 Å². The quantitative estimate of drug-likeness (QED) is 0.913. The van der Waals surface area contributed by atoms with Crippen LogP contribution in [0.4, 0.5) is 5.69 Å². The van der Waals surface area contributed by atoms with Gasteiger partial charge in [0, 0.05) is 23.8 Å². The monoisotopic (exact) mass is 357 g/mol. The average Bonchev–Trinajstić information content (AvgIpc) is 3.16. The Bertz CT molecular complexity index is 891. The number of thioether (sulfide) groups is 1. The van der Waals surface area contributed by atoms with Crippen molar-refractivity contribution in [3.63, 3.8) is 0 Å². The number of hydrogen-bond acceptors (Lipinski definition) is 5. The number of hydrogen-bond donors (Lipinski definition) is 1. The van der Waals surface area contributed by atoms with Gasteiger partial charge in [0.2, 0.25) is 11.8 Å². The molecule has 3 fully saturated rings. The molecule has 25 heavy (non-hydrogen) atoms. The van der Waals surface area contributed by atoms with E-state index in [9.17, 15) is 9.59 Å². The number of carbonyl (C=O) groups is 2. The van der Waals surface area contributed by atoms with Crippen molar-refractivity contribution < 1.29 is 14.0 Å². The molecule has 6 nitrogen and oxygen atoms in total. The van der Waals surface area contributed by atoms with Gasteiger partial charge in [-0.2, -0.15) is 0 Å². The predicted octanol–water partition coefficient (Wildman–Crippen LogP) is 3.10. The summed E-state index contributed by atoms with van der Waals surface area (Å²) in [6, 6.07) is 5.11. The highest BCUT2D eigenvalue weighted by Crippen LogP contribution is 2.47. The first-order chi connectivity index (χ1) is 12.0. The Kier molecular flexibility index (Phi) is 3.20. The van der Waals surface area contributed by atoms with Gasteiger partial charge < -0.3 is 14.6 Å². The van der Waals surface area contributed by atoms with Gasteiger partial charge in [-0.05, 0) is 44.4 Å². The number of oxazole rings is 1. The minimum absolute atomic E-state index is 0.0775. The molecule has 0 bridgehead atoms. The van der Waals surface area contributed by atoms with E-state index in [2.05, 4.69) is 17.2 Å². The Morgan fingerprint density at radius 2 is 2.28 bits per heavy atom. The number of fused-ring (bicyclic) bond motifs is 2. The van der Waals surface area contributed by atoms with Gasteiger partial charge in [-0.3, -0.25) is 9.59 Å². The summed E-state index contributed by atoms with van der Waals surface area (Å²) in [6.45, 7) is 2.05. The molecular weight excluding hydrogens is 338 g/mol. The molecule has 0 unspecified atom stereocenters. The molecule has 1 aromatic carbocycles. The van der Waals surface area contributed by atoms with Gasteiger partial charge in [-0.1, -0.05) is 0 Å². The van der Waals surface area contributed by atoms with E-state index in [1.807, 2.05) is 18.2 Å². The number of anilines is 1. The van der Waals surface area contributed by atoms with E-state index in [1.165, 1.54) is 0 Å². The van der Waals surface area contributed by atoms with E-state index in [-0.39, 0.29) is 16.7 Å². The molecule has 5 rings (SSSR count). The number of nitrogens with one attached hydrogen (secondary N) is 1. The molecule has 3 heterocycles. The smallest absolute Gasteiger partial charge is 0.248 e. The van der Waals surface area contributed by atoms with Crippen LogP contribution in [-0.4, -0.2) is 38.4 Å². The maximum Gasteiger partial charge on any atom is 0.248 e. The number of aromatic nitrogens is 1. The predicted molar refractivity (Wildman–Crippen MR) is 95.3 cm³/mol. The summed E-state index contributed by atoms with van der Waals surface area (Å²) < 4.78 is 5.76. The Morgan fingerprint density at radius 1 is 1.44 bits per heavy atom. The molecule has 1 aromatic heterocycles. The molecule has 2 aromatic rings. The third-order valence-corrected chi connectivity index (χ3v) is 6.85. The molecule has 1 aliphatic carbocycles. The van der Waals surface area contributed by atoms with Crippen LogP contribution in [0.2, 0.25) is 0 Å². The Labute approximate surface area is 149 Å². The van der Waals surface area contributed by atoms with Crippen molar-refractivity contribution >= 4 is 40.4 Å². The first-order valence-electron chi connectivity index (χ1n) is 8.71. The third-order valence-electron chi connectivity index (χ3n) is 5.35. The lowest BCUT2D eigenvalue weighted by atomic mass is 10.2. The standard InChI is InChI=1S/C18H19N3O3S/c1-18-7-6-15(22)21(18)13(9-25-18)16(23)19-11-4-5-14-12(8-11)20-17(24-14)10-2-3-10/h4-5,8,10,13H,2-3,6-7,9H2,1H3,(H,19,23)/t13-,18+/m1/s1. The first kappa shape index (κ1) is 15.3. The summed E-state index contributed by atoms with van der Waals surface area (Å²) in [7, 11) is 0. The van der Waals surface area contributed by atoms with E-state index < -0.39 is 6.04 Å². The van der Waals surface area contributed by atoms with Crippen LogP contribution >= 0.6 is 11.8 Å². The zero-order valence-electron chi connectivity index (χ0n) is 13.9. The summed E-state index contributed by atoms with van der Waals surface area (Å²) in [4.78, 5) is 31.0. The molecule has 2 amide bonds. The van der Waals surface area contributed by atoms with E-state index in [0.717, 1.165) is 36.3 Å². The van der Waals surface area contributed by atoms with Crippen molar-refractivity contribution in [2.75, 3.05) is 11.1 Å². The fourth-order valence-corrected chi connectivity index (χ4v) is 5.20. The molecular formula is C18H19N3O3S. The highest BCUT2D eigenvalue weighted by atomic mass is 32.2. The summed E-state index contributed by atoms with van der Waals surface area (Å²) in [5, 5.41) is 2.95. The van der Waals surface area contributed by atoms with Crippen LogP contribution in [0.5, 0.6) is 0 Å². The van der Waals surface area contributed by atoms with E-state index in [0.29, 0.717) is 23.8 Å². The molecule has 2 saturated heterocycles. The number of carbonyl (C=O) groups excluding carboxylic acids is 2. The number of amides is 2. The lowest BCUT2D eigenvalue weighted by Crippen LogP contribution is -2.48. The molecule has 1 saturated carbocycles. The Hall–Kier alpha value is -2.02. The van der Waals surface area contributed by atoms with Crippen LogP contribution in [0.3, 0.4) is 0 Å². The van der Waals surface area contributed by atoms with Crippen molar-refractivity contribution in [3.05, 3.63) is 24.1 Å². The van der Waals surface area contributed by atoms with E-state index in [4.69, 9.17) is 4.42 Å². The van der Waals surface area contributed by atoms with Crippen LogP contribution in [0.15, 0.2) is 22.6 Å². The SMILES string of the molecule is C[C@]12CCC(=O)N1[C@@H](C(=O)Nc1ccc3oc(C4CC4)nc3c1)CS2. The second kappa shape index (κ2) is 5.24. The lowest BCUT2D eigenvalue weighted by molar-refractivity contribution is -0.135. The van der Waals surface area contributed by atoms with Crippen molar-refractivity contribution in [2.45, 2.75) is 49.4 Å². The maximum absolute atomic E-state index is 12.7. The lowest BCUT2D eigenvalue weighted by Gasteiger charge is -2.29. The van der Waals surface area contributed by atoms with Gasteiger partial charge in [0.25, 0.3) is 0 Å². The minimum atomic E-state index is -0.403. The van der Waals surface area contributed by atoms with Gasteiger partial charge in [-0.25, -0.2) is 4.98 Å². The fraction of sp³-hybridized carbons (Fsp3) is 0.500. The summed E-state index contributed by atoms with van der Waals surface area (Å²) in [5.74, 6) is 1.85. The molecule has 130 valence electrons. The van der Waals surface area contributed by atoms with E-state index in [1.54, 1.807) is 16.7 Å². The summed E-state index contributed by atoms with van der Waals surface area (Å²) in [5.41, 5.74) is 2.21. The van der Waals surface area contributed by atoms with Gasteiger partial charge in [0.1, 0.15) is 11.6 Å². The van der Waals surface area contributed by atoms with Crippen molar-refractivity contribution in [3.8, 4) is 0 Å². The van der Waals surface area contributed by atoms with Crippen LogP contribution in [0.25, 0.3) is 11.1 Å². The highest BCUT2D eigenvalue weighted by molar-refractivity contribution is 8.01. The minimum Gasteiger partial charge on any atom is -0.440 e. The zero-order valence-corrected chi connectivity index (χ0v) is 14.8. The second-order valence-electron chi connectivity index (χ2n) is 7.26. The molecule has 2 atom stereocenters. The maximum atomic E-state index is 12.7. The second-order valence-corrected chi connectivity index (χ2v) is 8.77. The van der Waals surface area contributed by atoms with E-state index >= 15 is 0 Å². The highest BCUT2D eigenvalue weighted by Gasteiger charge is 2.52. The Morgan fingerprint density at radius 3 is 3.08 bits per heavy atom. The molecule has 1 N–H and O–H groups in total. The molecule has 0 radical (unpaired) electrons. The topological polar surface area (TPSA) is 75.4 Å². The third kappa shape index (κ3) is 2.44. The zero-order chi connectivity index (χ0) is 17.2. The molecule has 7 heteroatoms. The Balaban J connectivity index is 1.37. The van der Waals surface area contributed by atoms with Gasteiger partial charge in [-0.15, -0.1) is 11.8 Å². The fourth-order valence-electron chi connectivity index (χ4n) is 3.77. The van der Waals surface area contributed by atoms with Gasteiger partial charge in [0.05, 0.1) is 4.87 Å². The average molecular weight is 357 g/mol. The summed E-state index contributed by atoms with van der Waals surface area (Å²) in [6.07, 6.45) is 3.62. The van der Waals surface area contributed by atoms with Crippen molar-refractivity contribution in [1.82, 2.24) is 9.88 Å².